The predicted molar refractivity (Wildman–Crippen MR) is 144 cm³/mol. The molecule has 0 aromatic heterocycles. The van der Waals surface area contributed by atoms with E-state index in [1.807, 2.05) is 0 Å². The van der Waals surface area contributed by atoms with Crippen LogP contribution < -0.4 is 5.32 Å². The van der Waals surface area contributed by atoms with E-state index in [2.05, 4.69) is 5.32 Å². The maximum absolute atomic E-state index is 12.4. The van der Waals surface area contributed by atoms with Crippen LogP contribution in [0.2, 0.25) is 0 Å². The van der Waals surface area contributed by atoms with Crippen LogP contribution in [0.5, 0.6) is 0 Å². The largest absolute Gasteiger partial charge is 0.394 e. The molecule has 0 aromatic carbocycles. The van der Waals surface area contributed by atoms with Crippen LogP contribution in [0.3, 0.4) is 0 Å². The number of hydrogen-bond donors (Lipinski definition) is 13. The molecule has 20 atom stereocenters. The van der Waals surface area contributed by atoms with Crippen LogP contribution in [0.4, 0.5) is 0 Å². The van der Waals surface area contributed by atoms with Crippen LogP contribution in [0, 0.1) is 0 Å². The van der Waals surface area contributed by atoms with Crippen LogP contribution in [-0.2, 0) is 38.0 Å². The molecule has 0 radical (unpaired) electrons. The van der Waals surface area contributed by atoms with E-state index in [1.54, 1.807) is 0 Å². The summed E-state index contributed by atoms with van der Waals surface area (Å²) in [5.41, 5.74) is 0. The fraction of sp³-hybridized carbons (Fsp3) is 0.962. The van der Waals surface area contributed by atoms with Gasteiger partial charge in [-0.05, 0) is 6.92 Å². The summed E-state index contributed by atoms with van der Waals surface area (Å²) < 4.78 is 39.6. The van der Waals surface area contributed by atoms with E-state index in [1.165, 1.54) is 6.92 Å². The Hall–Kier alpha value is -1.29. The minimum Gasteiger partial charge on any atom is -0.394 e. The standard InChI is InChI=1S/C26H45NO20/c1-6-12(31)15(34)19(38)25(42-6)47-22-11(27-7(2)30)24(41-5-10-14(33)16(35)18(37)23(40)43-10)45-9(4-29)21(22)46-26-20(39)17(36)13(32)8(3-28)44-26/h6,8-26,28-29,31-40H,3-5H2,1-2H3,(H,27,30)/t6-,8+,9+,10+,11+,12+,13-,14-,15+,16-,17-,18+,19-,20+,21+,22+,23+,24+,25-,26-/m0/s1. The topological polar surface area (TPSA) is 336 Å². The van der Waals surface area contributed by atoms with E-state index in [0.717, 1.165) is 6.92 Å². The normalized spacial score (nSPS) is 51.0. The summed E-state index contributed by atoms with van der Waals surface area (Å²) in [6.07, 6.45) is -32.0. The SMILES string of the molecule is CC(=O)N[C@H]1[C@H](OC[C@H]2O[C@@H](O)[C@H](O)[C@@H](O)[C@H]2O)O[C@H](CO)[C@@H](O[C@@H]2O[C@H](CO)[C@H](O)[C@H](O)[C@H]2O)[C@@H]1O[C@@H]1O[C@@H](C)[C@@H](O)[C@@H](O)[C@@H]1O. The Bertz CT molecular complexity index is 1010. The van der Waals surface area contributed by atoms with Crippen molar-refractivity contribution in [1.29, 1.82) is 0 Å². The smallest absolute Gasteiger partial charge is 0.217 e. The first-order chi connectivity index (χ1) is 22.1. The van der Waals surface area contributed by atoms with Crippen molar-refractivity contribution in [3.05, 3.63) is 0 Å². The quantitative estimate of drug-likeness (QED) is 0.101. The lowest BCUT2D eigenvalue weighted by atomic mass is 9.94. The molecule has 47 heavy (non-hydrogen) atoms. The van der Waals surface area contributed by atoms with Crippen molar-refractivity contribution < 1.29 is 99.2 Å². The first-order valence-corrected chi connectivity index (χ1v) is 14.9. The van der Waals surface area contributed by atoms with Gasteiger partial charge in [0.2, 0.25) is 5.91 Å². The van der Waals surface area contributed by atoms with E-state index in [-0.39, 0.29) is 0 Å². The van der Waals surface area contributed by atoms with Crippen LogP contribution >= 0.6 is 0 Å². The fourth-order valence-electron chi connectivity index (χ4n) is 5.78. The van der Waals surface area contributed by atoms with Crippen molar-refractivity contribution in [2.45, 2.75) is 137 Å². The van der Waals surface area contributed by atoms with Gasteiger partial charge in [0, 0.05) is 6.92 Å². The molecule has 21 nitrogen and oxygen atoms in total. The lowest BCUT2D eigenvalue weighted by Crippen LogP contribution is -2.70. The maximum Gasteiger partial charge on any atom is 0.217 e. The van der Waals surface area contributed by atoms with Gasteiger partial charge < -0.3 is 99.8 Å². The van der Waals surface area contributed by atoms with Gasteiger partial charge in [0.05, 0.1) is 25.9 Å². The van der Waals surface area contributed by atoms with Gasteiger partial charge in [-0.1, -0.05) is 0 Å². The van der Waals surface area contributed by atoms with Crippen LogP contribution in [-0.4, -0.2) is 210 Å². The van der Waals surface area contributed by atoms with Gasteiger partial charge >= 0.3 is 0 Å². The highest BCUT2D eigenvalue weighted by Gasteiger charge is 2.55. The van der Waals surface area contributed by atoms with E-state index in [4.69, 9.17) is 33.2 Å². The number of amides is 1. The third-order valence-corrected chi connectivity index (χ3v) is 8.55. The number of aliphatic hydroxyl groups excluding tert-OH is 12. The molecular weight excluding hydrogens is 646 g/mol. The second-order valence-electron chi connectivity index (χ2n) is 11.9. The number of hydrogen-bond acceptors (Lipinski definition) is 20. The Kier molecular flexibility index (Phi) is 13.2. The average molecular weight is 692 g/mol. The summed E-state index contributed by atoms with van der Waals surface area (Å²) in [6.45, 7) is 0.111. The Morgan fingerprint density at radius 2 is 1.11 bits per heavy atom. The maximum atomic E-state index is 12.4. The number of rotatable bonds is 10. The Labute approximate surface area is 267 Å². The van der Waals surface area contributed by atoms with Gasteiger partial charge in [0.25, 0.3) is 0 Å². The summed E-state index contributed by atoms with van der Waals surface area (Å²) in [4.78, 5) is 12.4. The molecule has 0 bridgehead atoms. The highest BCUT2D eigenvalue weighted by atomic mass is 16.8. The monoisotopic (exact) mass is 691 g/mol. The predicted octanol–water partition coefficient (Wildman–Crippen LogP) is -8.58. The molecule has 274 valence electrons. The van der Waals surface area contributed by atoms with E-state index in [0.29, 0.717) is 0 Å². The van der Waals surface area contributed by atoms with Crippen LogP contribution in [0.1, 0.15) is 13.8 Å². The molecule has 0 aliphatic carbocycles. The second-order valence-corrected chi connectivity index (χ2v) is 11.9. The Morgan fingerprint density at radius 1 is 0.596 bits per heavy atom. The van der Waals surface area contributed by atoms with Crippen molar-refractivity contribution in [1.82, 2.24) is 5.32 Å². The Balaban J connectivity index is 1.66. The van der Waals surface area contributed by atoms with Crippen LogP contribution in [0.15, 0.2) is 0 Å². The number of carbonyl (C=O) groups is 1. The molecule has 0 saturated carbocycles. The zero-order chi connectivity index (χ0) is 34.9. The van der Waals surface area contributed by atoms with Crippen LogP contribution in [0.25, 0.3) is 0 Å². The molecule has 0 spiro atoms. The van der Waals surface area contributed by atoms with E-state index in [9.17, 15) is 66.1 Å². The molecule has 4 rings (SSSR count). The average Bonchev–Trinajstić information content (AvgIpc) is 3.04. The summed E-state index contributed by atoms with van der Waals surface area (Å²) in [6, 6.07) is -1.50. The first kappa shape index (κ1) is 38.5. The summed E-state index contributed by atoms with van der Waals surface area (Å²) in [7, 11) is 0. The molecule has 0 unspecified atom stereocenters. The van der Waals surface area contributed by atoms with Crippen molar-refractivity contribution >= 4 is 5.91 Å². The number of nitrogens with one attached hydrogen (secondary N) is 1. The van der Waals surface area contributed by atoms with E-state index < -0.39 is 148 Å². The van der Waals surface area contributed by atoms with Gasteiger partial charge in [0.1, 0.15) is 91.5 Å². The second kappa shape index (κ2) is 16.2. The van der Waals surface area contributed by atoms with Gasteiger partial charge in [-0.15, -0.1) is 0 Å². The highest BCUT2D eigenvalue weighted by molar-refractivity contribution is 5.73. The fourth-order valence-corrected chi connectivity index (χ4v) is 5.78. The highest BCUT2D eigenvalue weighted by Crippen LogP contribution is 2.34. The van der Waals surface area contributed by atoms with Gasteiger partial charge in [-0.25, -0.2) is 0 Å². The zero-order valence-corrected chi connectivity index (χ0v) is 25.3. The molecule has 21 heteroatoms. The summed E-state index contributed by atoms with van der Waals surface area (Å²) in [5, 5.41) is 125. The van der Waals surface area contributed by atoms with E-state index >= 15 is 0 Å². The van der Waals surface area contributed by atoms with Crippen molar-refractivity contribution in [2.75, 3.05) is 19.8 Å². The summed E-state index contributed by atoms with van der Waals surface area (Å²) in [5.74, 6) is -0.716. The molecule has 4 aliphatic heterocycles. The number of ether oxygens (including phenoxy) is 7. The summed E-state index contributed by atoms with van der Waals surface area (Å²) >= 11 is 0. The lowest BCUT2D eigenvalue weighted by molar-refractivity contribution is -0.375. The van der Waals surface area contributed by atoms with Gasteiger partial charge in [-0.2, -0.15) is 0 Å². The molecule has 4 fully saturated rings. The molecular formula is C26H45NO20. The zero-order valence-electron chi connectivity index (χ0n) is 25.3. The molecule has 13 N–H and O–H groups in total. The Morgan fingerprint density at radius 3 is 1.70 bits per heavy atom. The molecule has 4 aliphatic rings. The third-order valence-electron chi connectivity index (χ3n) is 8.55. The lowest BCUT2D eigenvalue weighted by Gasteiger charge is -2.50. The number of aliphatic hydroxyl groups is 12. The molecule has 4 saturated heterocycles. The van der Waals surface area contributed by atoms with Gasteiger partial charge in [-0.3, -0.25) is 4.79 Å². The molecule has 4 heterocycles. The van der Waals surface area contributed by atoms with Crippen molar-refractivity contribution in [2.24, 2.45) is 0 Å². The van der Waals surface area contributed by atoms with Gasteiger partial charge in [0.15, 0.2) is 25.2 Å². The minimum atomic E-state index is -1.94. The first-order valence-electron chi connectivity index (χ1n) is 14.9. The van der Waals surface area contributed by atoms with Crippen molar-refractivity contribution in [3.63, 3.8) is 0 Å². The minimum absolute atomic E-state index is 0.656. The number of carbonyl (C=O) groups excluding carboxylic acids is 1. The third kappa shape index (κ3) is 8.20. The van der Waals surface area contributed by atoms with Crippen molar-refractivity contribution in [3.8, 4) is 0 Å². The molecule has 1 amide bonds. The molecule has 0 aromatic rings.